The Hall–Kier alpha value is -2.30. The molecule has 1 aromatic heterocycles. The third-order valence-corrected chi connectivity index (χ3v) is 6.07. The maximum absolute atomic E-state index is 12.4. The molecule has 0 spiro atoms. The number of hydrogen-bond acceptors (Lipinski definition) is 4. The lowest BCUT2D eigenvalue weighted by Crippen LogP contribution is -2.49. The van der Waals surface area contributed by atoms with Gasteiger partial charge in [0.15, 0.2) is 12.6 Å². The lowest BCUT2D eigenvalue weighted by molar-refractivity contribution is -0.121. The highest BCUT2D eigenvalue weighted by Gasteiger charge is 2.29. The number of para-hydroxylation sites is 2. The predicted molar refractivity (Wildman–Crippen MR) is 137 cm³/mol. The molecule has 2 aliphatic rings. The van der Waals surface area contributed by atoms with Crippen LogP contribution in [-0.2, 0) is 4.79 Å². The molecule has 4 rings (SSSR count). The standard InChI is InChI=1S/C23H32N6O2.HI/c1-3-25-23(27-13-9-18(2)20(15-27)28-14-11-24-17-28)26-10-6-12-29-19-7-4-5-8-21(19)31-16-22(29)30;/h4-5,7-8,11,14,17-18,20H,3,6,9-10,12-13,15-16H2,1-2H3,(H,25,26);1H. The minimum Gasteiger partial charge on any atom is -0.482 e. The number of guanidine groups is 1. The summed E-state index contributed by atoms with van der Waals surface area (Å²) in [6, 6.07) is 8.09. The van der Waals surface area contributed by atoms with Crippen molar-refractivity contribution in [2.45, 2.75) is 32.7 Å². The summed E-state index contributed by atoms with van der Waals surface area (Å²) in [5, 5.41) is 3.45. The Labute approximate surface area is 207 Å². The Balaban J connectivity index is 0.00000289. The van der Waals surface area contributed by atoms with Crippen LogP contribution in [0.5, 0.6) is 5.75 Å². The molecule has 9 heteroatoms. The number of carbonyl (C=O) groups excluding carboxylic acids is 1. The van der Waals surface area contributed by atoms with Crippen molar-refractivity contribution in [2.75, 3.05) is 44.2 Å². The summed E-state index contributed by atoms with van der Waals surface area (Å²) in [5.41, 5.74) is 0.850. The number of aromatic nitrogens is 2. The van der Waals surface area contributed by atoms with Gasteiger partial charge >= 0.3 is 0 Å². The van der Waals surface area contributed by atoms with Gasteiger partial charge in [-0.15, -0.1) is 24.0 Å². The fraction of sp³-hybridized carbons (Fsp3) is 0.522. The Bertz CT molecular complexity index is 904. The number of hydrogen-bond donors (Lipinski definition) is 1. The first-order valence-electron chi connectivity index (χ1n) is 11.2. The number of anilines is 1. The van der Waals surface area contributed by atoms with Crippen molar-refractivity contribution in [2.24, 2.45) is 10.9 Å². The normalized spacial score (nSPS) is 20.9. The molecule has 2 atom stereocenters. The Morgan fingerprint density at radius 1 is 1.34 bits per heavy atom. The average molecular weight is 552 g/mol. The van der Waals surface area contributed by atoms with E-state index in [2.05, 4.69) is 33.6 Å². The van der Waals surface area contributed by atoms with E-state index in [1.54, 1.807) is 0 Å². The molecule has 2 aliphatic heterocycles. The summed E-state index contributed by atoms with van der Waals surface area (Å²) in [7, 11) is 0. The van der Waals surface area contributed by atoms with Crippen LogP contribution in [0.1, 0.15) is 32.7 Å². The van der Waals surface area contributed by atoms with Crippen molar-refractivity contribution >= 4 is 41.5 Å². The van der Waals surface area contributed by atoms with Crippen molar-refractivity contribution in [3.63, 3.8) is 0 Å². The second-order valence-electron chi connectivity index (χ2n) is 8.18. The van der Waals surface area contributed by atoms with Crippen LogP contribution in [0, 0.1) is 5.92 Å². The molecule has 1 amide bonds. The topological polar surface area (TPSA) is 75.0 Å². The van der Waals surface area contributed by atoms with Crippen LogP contribution >= 0.6 is 24.0 Å². The molecule has 1 N–H and O–H groups in total. The van der Waals surface area contributed by atoms with Gasteiger partial charge in [-0.3, -0.25) is 9.79 Å². The van der Waals surface area contributed by atoms with E-state index >= 15 is 0 Å². The molecule has 1 fully saturated rings. The van der Waals surface area contributed by atoms with Crippen LogP contribution in [-0.4, -0.2) is 65.6 Å². The molecule has 174 valence electrons. The summed E-state index contributed by atoms with van der Waals surface area (Å²) in [6.07, 6.45) is 7.71. The zero-order valence-electron chi connectivity index (χ0n) is 18.8. The van der Waals surface area contributed by atoms with Gasteiger partial charge in [-0.25, -0.2) is 4.98 Å². The average Bonchev–Trinajstić information content (AvgIpc) is 3.32. The molecule has 0 bridgehead atoms. The van der Waals surface area contributed by atoms with Gasteiger partial charge in [0.25, 0.3) is 5.91 Å². The van der Waals surface area contributed by atoms with Gasteiger partial charge in [-0.2, -0.15) is 0 Å². The van der Waals surface area contributed by atoms with Gasteiger partial charge in [0, 0.05) is 45.1 Å². The highest BCUT2D eigenvalue weighted by atomic mass is 127. The van der Waals surface area contributed by atoms with Gasteiger partial charge in [0.05, 0.1) is 18.1 Å². The van der Waals surface area contributed by atoms with Crippen molar-refractivity contribution < 1.29 is 9.53 Å². The van der Waals surface area contributed by atoms with E-state index in [1.165, 1.54) is 0 Å². The number of aliphatic imine (C=N–C) groups is 1. The van der Waals surface area contributed by atoms with Gasteiger partial charge in [-0.1, -0.05) is 19.1 Å². The molecule has 1 aromatic carbocycles. The van der Waals surface area contributed by atoms with Crippen molar-refractivity contribution in [1.29, 1.82) is 0 Å². The lowest BCUT2D eigenvalue weighted by atomic mass is 9.93. The molecule has 8 nitrogen and oxygen atoms in total. The summed E-state index contributed by atoms with van der Waals surface area (Å²) in [6.45, 7) is 8.54. The second kappa shape index (κ2) is 11.5. The molecule has 2 aromatic rings. The number of piperidine rings is 1. The van der Waals surface area contributed by atoms with Crippen LogP contribution < -0.4 is 15.0 Å². The van der Waals surface area contributed by atoms with E-state index < -0.39 is 0 Å². The number of fused-ring (bicyclic) bond motifs is 1. The van der Waals surface area contributed by atoms with Crippen LogP contribution in [0.25, 0.3) is 0 Å². The highest BCUT2D eigenvalue weighted by Crippen LogP contribution is 2.31. The first-order valence-corrected chi connectivity index (χ1v) is 11.2. The first kappa shape index (κ1) is 24.3. The first-order chi connectivity index (χ1) is 15.2. The number of halogens is 1. The number of nitrogens with one attached hydrogen (secondary N) is 1. The molecule has 1 saturated heterocycles. The summed E-state index contributed by atoms with van der Waals surface area (Å²) >= 11 is 0. The molecular formula is C23H33IN6O2. The van der Waals surface area contributed by atoms with E-state index in [9.17, 15) is 4.79 Å². The molecule has 0 saturated carbocycles. The Kier molecular flexibility index (Phi) is 8.77. The van der Waals surface area contributed by atoms with Gasteiger partial charge < -0.3 is 24.4 Å². The second-order valence-corrected chi connectivity index (χ2v) is 8.18. The molecule has 3 heterocycles. The number of rotatable bonds is 6. The van der Waals surface area contributed by atoms with E-state index in [0.717, 1.165) is 49.9 Å². The number of likely N-dealkylation sites (tertiary alicyclic amines) is 1. The largest absolute Gasteiger partial charge is 0.482 e. The predicted octanol–water partition coefficient (Wildman–Crippen LogP) is 3.17. The van der Waals surface area contributed by atoms with Crippen molar-refractivity contribution in [1.82, 2.24) is 19.8 Å². The SMILES string of the molecule is CCNC(=NCCCN1C(=O)COc2ccccc21)N1CCC(C)C(n2ccnc2)C1.I. The van der Waals surface area contributed by atoms with Crippen LogP contribution in [0.2, 0.25) is 0 Å². The minimum absolute atomic E-state index is 0. The molecular weight excluding hydrogens is 519 g/mol. The number of carbonyl (C=O) groups is 1. The van der Waals surface area contributed by atoms with Crippen LogP contribution in [0.4, 0.5) is 5.69 Å². The number of nitrogens with zero attached hydrogens (tertiary/aromatic N) is 5. The number of ether oxygens (including phenoxy) is 1. The molecule has 32 heavy (non-hydrogen) atoms. The van der Waals surface area contributed by atoms with E-state index in [-0.39, 0.29) is 36.5 Å². The third-order valence-electron chi connectivity index (χ3n) is 6.07. The molecule has 0 aliphatic carbocycles. The van der Waals surface area contributed by atoms with Crippen molar-refractivity contribution in [3.05, 3.63) is 43.0 Å². The summed E-state index contributed by atoms with van der Waals surface area (Å²) in [5.74, 6) is 2.32. The molecule has 2 unspecified atom stereocenters. The zero-order chi connectivity index (χ0) is 21.6. The van der Waals surface area contributed by atoms with Crippen LogP contribution in [0.3, 0.4) is 0 Å². The monoisotopic (exact) mass is 552 g/mol. The fourth-order valence-electron chi connectivity index (χ4n) is 4.33. The maximum Gasteiger partial charge on any atom is 0.265 e. The molecule has 0 radical (unpaired) electrons. The summed E-state index contributed by atoms with van der Waals surface area (Å²) < 4.78 is 7.74. The van der Waals surface area contributed by atoms with E-state index in [0.29, 0.717) is 25.0 Å². The number of amides is 1. The fourth-order valence-corrected chi connectivity index (χ4v) is 4.33. The van der Waals surface area contributed by atoms with E-state index in [1.807, 2.05) is 47.9 Å². The van der Waals surface area contributed by atoms with Gasteiger partial charge in [0.1, 0.15) is 5.75 Å². The highest BCUT2D eigenvalue weighted by molar-refractivity contribution is 14.0. The Morgan fingerprint density at radius 2 is 2.19 bits per heavy atom. The lowest BCUT2D eigenvalue weighted by Gasteiger charge is -2.39. The van der Waals surface area contributed by atoms with Crippen molar-refractivity contribution in [3.8, 4) is 5.75 Å². The van der Waals surface area contributed by atoms with Crippen LogP contribution in [0.15, 0.2) is 48.0 Å². The Morgan fingerprint density at radius 3 is 2.97 bits per heavy atom. The zero-order valence-corrected chi connectivity index (χ0v) is 21.1. The van der Waals surface area contributed by atoms with Gasteiger partial charge in [-0.05, 0) is 37.8 Å². The number of imidazole rings is 1. The minimum atomic E-state index is 0. The quantitative estimate of drug-likeness (QED) is 0.258. The van der Waals surface area contributed by atoms with Gasteiger partial charge in [0.2, 0.25) is 0 Å². The summed E-state index contributed by atoms with van der Waals surface area (Å²) in [4.78, 5) is 25.6. The smallest absolute Gasteiger partial charge is 0.265 e. The third kappa shape index (κ3) is 5.54. The number of benzene rings is 1. The maximum atomic E-state index is 12.4. The van der Waals surface area contributed by atoms with E-state index in [4.69, 9.17) is 9.73 Å².